The van der Waals surface area contributed by atoms with E-state index in [1.54, 1.807) is 0 Å². The largest absolute Gasteiger partial charge is 0.334 e. The summed E-state index contributed by atoms with van der Waals surface area (Å²) in [6.07, 6.45) is 14.9. The van der Waals surface area contributed by atoms with E-state index in [1.165, 1.54) is 69.8 Å². The lowest BCUT2D eigenvalue weighted by Crippen LogP contribution is -2.55. The number of carbonyl (C=O) groups is 1. The molecule has 4 nitrogen and oxygen atoms in total. The van der Waals surface area contributed by atoms with Gasteiger partial charge in [-0.1, -0.05) is 68.9 Å². The molecule has 29 heavy (non-hydrogen) atoms. The standard InChI is InChI=1S/C25H39N3O/c29-25(28(23-12-6-2-7-13-23)24-14-8-3-9-15-24)26-22-17-19-27(20-22)18-16-21-10-4-1-5-11-21/h1,4-5,10-11,22-24H,2-3,6-9,12-20H2,(H,26,29). The number of hydrogen-bond acceptors (Lipinski definition) is 2. The third-order valence-electron chi connectivity index (χ3n) is 7.33. The fourth-order valence-corrected chi connectivity index (χ4v) is 5.68. The SMILES string of the molecule is O=C(NC1CCN(CCc2ccccc2)C1)N(C1CCCCC1)C1CCCCC1. The van der Waals surface area contributed by atoms with Crippen molar-refractivity contribution in [1.29, 1.82) is 0 Å². The first-order chi connectivity index (χ1) is 14.3. The van der Waals surface area contributed by atoms with Crippen molar-refractivity contribution in [2.24, 2.45) is 0 Å². The van der Waals surface area contributed by atoms with E-state index in [-0.39, 0.29) is 6.03 Å². The van der Waals surface area contributed by atoms with Crippen LogP contribution in [0.2, 0.25) is 0 Å². The number of benzene rings is 1. The van der Waals surface area contributed by atoms with E-state index in [1.807, 2.05) is 0 Å². The zero-order chi connectivity index (χ0) is 19.9. The molecule has 3 fully saturated rings. The molecule has 1 N–H and O–H groups in total. The van der Waals surface area contributed by atoms with Gasteiger partial charge < -0.3 is 15.1 Å². The Morgan fingerprint density at radius 2 is 1.52 bits per heavy atom. The van der Waals surface area contributed by atoms with Crippen LogP contribution in [0.5, 0.6) is 0 Å². The van der Waals surface area contributed by atoms with Crippen LogP contribution < -0.4 is 5.32 Å². The highest BCUT2D eigenvalue weighted by Crippen LogP contribution is 2.30. The molecule has 1 aromatic carbocycles. The number of carbonyl (C=O) groups excluding carboxylic acids is 1. The van der Waals surface area contributed by atoms with Crippen molar-refractivity contribution in [2.75, 3.05) is 19.6 Å². The Bertz CT molecular complexity index is 604. The number of nitrogens with one attached hydrogen (secondary N) is 1. The average molecular weight is 398 g/mol. The molecule has 1 heterocycles. The molecule has 0 bridgehead atoms. The zero-order valence-electron chi connectivity index (χ0n) is 18.0. The van der Waals surface area contributed by atoms with Gasteiger partial charge in [0.25, 0.3) is 0 Å². The molecule has 1 aliphatic heterocycles. The summed E-state index contributed by atoms with van der Waals surface area (Å²) in [5.74, 6) is 0. The normalized spacial score (nSPS) is 24.5. The van der Waals surface area contributed by atoms with Crippen LogP contribution in [0.1, 0.15) is 76.2 Å². The van der Waals surface area contributed by atoms with Gasteiger partial charge in [0.05, 0.1) is 0 Å². The highest BCUT2D eigenvalue weighted by Gasteiger charge is 2.34. The topological polar surface area (TPSA) is 35.6 Å². The number of nitrogens with zero attached hydrogens (tertiary/aromatic N) is 2. The van der Waals surface area contributed by atoms with Gasteiger partial charge >= 0.3 is 6.03 Å². The van der Waals surface area contributed by atoms with Crippen LogP contribution >= 0.6 is 0 Å². The molecule has 2 aliphatic carbocycles. The van der Waals surface area contributed by atoms with Crippen molar-refractivity contribution < 1.29 is 4.79 Å². The second kappa shape index (κ2) is 10.5. The predicted octanol–water partition coefficient (Wildman–Crippen LogP) is 4.98. The van der Waals surface area contributed by atoms with Gasteiger partial charge in [0.2, 0.25) is 0 Å². The molecule has 0 spiro atoms. The Kier molecular flexibility index (Phi) is 7.48. The second-order valence-corrected chi connectivity index (χ2v) is 9.46. The third-order valence-corrected chi connectivity index (χ3v) is 7.33. The summed E-state index contributed by atoms with van der Waals surface area (Å²) in [4.78, 5) is 18.2. The maximum atomic E-state index is 13.4. The van der Waals surface area contributed by atoms with E-state index in [0.717, 1.165) is 32.5 Å². The molecule has 1 aromatic rings. The first-order valence-electron chi connectivity index (χ1n) is 12.1. The van der Waals surface area contributed by atoms with Crippen molar-refractivity contribution in [3.05, 3.63) is 35.9 Å². The van der Waals surface area contributed by atoms with E-state index in [4.69, 9.17) is 0 Å². The molecule has 2 amide bonds. The fraction of sp³-hybridized carbons (Fsp3) is 0.720. The van der Waals surface area contributed by atoms with E-state index in [9.17, 15) is 4.79 Å². The first-order valence-corrected chi connectivity index (χ1v) is 12.1. The molecule has 4 heteroatoms. The minimum absolute atomic E-state index is 0.235. The average Bonchev–Trinajstić information content (AvgIpc) is 3.22. The predicted molar refractivity (Wildman–Crippen MR) is 119 cm³/mol. The third kappa shape index (κ3) is 5.75. The number of likely N-dealkylation sites (tertiary alicyclic amines) is 1. The molecule has 4 rings (SSSR count). The Hall–Kier alpha value is -1.55. The smallest absolute Gasteiger partial charge is 0.318 e. The van der Waals surface area contributed by atoms with Gasteiger partial charge in [-0.3, -0.25) is 0 Å². The van der Waals surface area contributed by atoms with Crippen molar-refractivity contribution in [3.8, 4) is 0 Å². The van der Waals surface area contributed by atoms with Gasteiger partial charge in [-0.2, -0.15) is 0 Å². The molecule has 3 aliphatic rings. The molecule has 0 radical (unpaired) electrons. The van der Waals surface area contributed by atoms with E-state index in [0.29, 0.717) is 18.1 Å². The quantitative estimate of drug-likeness (QED) is 0.735. The Labute approximate surface area is 177 Å². The lowest BCUT2D eigenvalue weighted by Gasteiger charge is -2.42. The summed E-state index contributed by atoms with van der Waals surface area (Å²) >= 11 is 0. The molecule has 1 unspecified atom stereocenters. The molecular formula is C25H39N3O. The summed E-state index contributed by atoms with van der Waals surface area (Å²) in [5.41, 5.74) is 1.40. The van der Waals surface area contributed by atoms with Gasteiger partial charge in [0.15, 0.2) is 0 Å². The number of rotatable bonds is 6. The van der Waals surface area contributed by atoms with Crippen molar-refractivity contribution in [2.45, 2.75) is 95.2 Å². The van der Waals surface area contributed by atoms with Crippen LogP contribution in [-0.4, -0.2) is 53.6 Å². The van der Waals surface area contributed by atoms with Gasteiger partial charge in [-0.05, 0) is 44.1 Å². The highest BCUT2D eigenvalue weighted by molar-refractivity contribution is 5.75. The number of amides is 2. The Morgan fingerprint density at radius 3 is 2.14 bits per heavy atom. The zero-order valence-corrected chi connectivity index (χ0v) is 18.0. The lowest BCUT2D eigenvalue weighted by molar-refractivity contribution is 0.103. The van der Waals surface area contributed by atoms with Gasteiger partial charge in [-0.25, -0.2) is 4.79 Å². The van der Waals surface area contributed by atoms with Crippen molar-refractivity contribution >= 4 is 6.03 Å². The Balaban J connectivity index is 1.30. The van der Waals surface area contributed by atoms with Crippen LogP contribution in [0.4, 0.5) is 4.79 Å². The minimum Gasteiger partial charge on any atom is -0.334 e. The number of urea groups is 1. The van der Waals surface area contributed by atoms with Gasteiger partial charge in [-0.15, -0.1) is 0 Å². The van der Waals surface area contributed by atoms with E-state index < -0.39 is 0 Å². The second-order valence-electron chi connectivity index (χ2n) is 9.46. The van der Waals surface area contributed by atoms with Crippen LogP contribution in [0.15, 0.2) is 30.3 Å². The fourth-order valence-electron chi connectivity index (χ4n) is 5.68. The molecular weight excluding hydrogens is 358 g/mol. The summed E-state index contributed by atoms with van der Waals surface area (Å²) < 4.78 is 0. The van der Waals surface area contributed by atoms with Crippen LogP contribution in [0.3, 0.4) is 0 Å². The van der Waals surface area contributed by atoms with E-state index in [2.05, 4.69) is 45.4 Å². The summed E-state index contributed by atoms with van der Waals surface area (Å²) in [7, 11) is 0. The summed E-state index contributed by atoms with van der Waals surface area (Å²) in [6, 6.07) is 12.2. The molecule has 1 atom stereocenters. The first kappa shape index (κ1) is 20.7. The van der Waals surface area contributed by atoms with E-state index >= 15 is 0 Å². The van der Waals surface area contributed by atoms with Gasteiger partial charge in [0, 0.05) is 37.8 Å². The highest BCUT2D eigenvalue weighted by atomic mass is 16.2. The Morgan fingerprint density at radius 1 is 0.897 bits per heavy atom. The molecule has 2 saturated carbocycles. The van der Waals surface area contributed by atoms with Crippen molar-refractivity contribution in [3.63, 3.8) is 0 Å². The lowest BCUT2D eigenvalue weighted by atomic mass is 9.89. The maximum Gasteiger partial charge on any atom is 0.318 e. The monoisotopic (exact) mass is 397 g/mol. The molecule has 160 valence electrons. The maximum absolute atomic E-state index is 13.4. The molecule has 0 aromatic heterocycles. The minimum atomic E-state index is 0.235. The van der Waals surface area contributed by atoms with Gasteiger partial charge in [0.1, 0.15) is 0 Å². The van der Waals surface area contributed by atoms with Crippen LogP contribution in [-0.2, 0) is 6.42 Å². The number of hydrogen-bond donors (Lipinski definition) is 1. The molecule has 1 saturated heterocycles. The van der Waals surface area contributed by atoms with Crippen LogP contribution in [0, 0.1) is 0 Å². The van der Waals surface area contributed by atoms with Crippen LogP contribution in [0.25, 0.3) is 0 Å². The van der Waals surface area contributed by atoms with Crippen molar-refractivity contribution in [1.82, 2.24) is 15.1 Å². The summed E-state index contributed by atoms with van der Waals surface area (Å²) in [5, 5.41) is 3.45. The summed E-state index contributed by atoms with van der Waals surface area (Å²) in [6.45, 7) is 3.19.